The molecular weight excluding hydrogens is 426 g/mol. The molecule has 6 heteroatoms. The molecule has 1 aliphatic heterocycles. The molecule has 27 heavy (non-hydrogen) atoms. The first kappa shape index (κ1) is 18.5. The third-order valence-corrected chi connectivity index (χ3v) is 5.82. The first-order valence-electron chi connectivity index (χ1n) is 8.99. The van der Waals surface area contributed by atoms with Crippen molar-refractivity contribution in [2.75, 3.05) is 36.5 Å². The Hall–Kier alpha value is -1.82. The topological polar surface area (TPSA) is 37.4 Å². The van der Waals surface area contributed by atoms with Gasteiger partial charge in [0, 0.05) is 28.6 Å². The molecule has 1 aliphatic rings. The van der Waals surface area contributed by atoms with E-state index in [0.717, 1.165) is 64.3 Å². The zero-order valence-electron chi connectivity index (χ0n) is 15.4. The van der Waals surface area contributed by atoms with E-state index in [-0.39, 0.29) is 0 Å². The maximum absolute atomic E-state index is 6.41. The van der Waals surface area contributed by atoms with Gasteiger partial charge in [-0.15, -0.1) is 0 Å². The molecule has 2 aromatic carbocycles. The van der Waals surface area contributed by atoms with Gasteiger partial charge in [0.25, 0.3) is 0 Å². The number of rotatable bonds is 3. The van der Waals surface area contributed by atoms with Crippen molar-refractivity contribution < 1.29 is 4.74 Å². The lowest BCUT2D eigenvalue weighted by atomic mass is 10.1. The van der Waals surface area contributed by atoms with Gasteiger partial charge in [0.1, 0.15) is 0 Å². The molecule has 4 rings (SSSR count). The Bertz CT molecular complexity index is 1000. The highest BCUT2D eigenvalue weighted by Gasteiger charge is 2.18. The van der Waals surface area contributed by atoms with Crippen LogP contribution in [0.1, 0.15) is 11.3 Å². The van der Waals surface area contributed by atoms with E-state index in [1.165, 1.54) is 5.69 Å². The molecule has 0 atom stereocenters. The lowest BCUT2D eigenvalue weighted by molar-refractivity contribution is 0.123. The van der Waals surface area contributed by atoms with Crippen molar-refractivity contribution in [3.05, 3.63) is 57.2 Å². The summed E-state index contributed by atoms with van der Waals surface area (Å²) in [6.45, 7) is 7.39. The molecular formula is C21H21BrClN3O. The van der Waals surface area contributed by atoms with E-state index >= 15 is 0 Å². The Morgan fingerprint density at radius 1 is 1.15 bits per heavy atom. The minimum Gasteiger partial charge on any atom is -0.378 e. The number of pyridine rings is 1. The SMILES string of the molecule is Cc1nc2c(Cl)cccc2c(Nc2cc(Br)ccc2N2CCOCC2)c1C. The number of ether oxygens (including phenoxy) is 1. The molecule has 2 heterocycles. The molecule has 140 valence electrons. The number of morpholine rings is 1. The van der Waals surface area contributed by atoms with Gasteiger partial charge in [-0.05, 0) is 43.7 Å². The second kappa shape index (κ2) is 7.66. The van der Waals surface area contributed by atoms with Crippen molar-refractivity contribution in [3.63, 3.8) is 0 Å². The monoisotopic (exact) mass is 445 g/mol. The molecule has 0 aliphatic carbocycles. The number of nitrogens with zero attached hydrogens (tertiary/aromatic N) is 2. The maximum Gasteiger partial charge on any atom is 0.0912 e. The second-order valence-electron chi connectivity index (χ2n) is 6.72. The average Bonchev–Trinajstić information content (AvgIpc) is 2.67. The summed E-state index contributed by atoms with van der Waals surface area (Å²) in [5, 5.41) is 5.37. The van der Waals surface area contributed by atoms with Crippen LogP contribution in [0.4, 0.5) is 17.1 Å². The molecule has 0 bridgehead atoms. The summed E-state index contributed by atoms with van der Waals surface area (Å²) < 4.78 is 6.55. The Kier molecular flexibility index (Phi) is 5.26. The van der Waals surface area contributed by atoms with Crippen LogP contribution in [0.2, 0.25) is 5.02 Å². The average molecular weight is 447 g/mol. The largest absolute Gasteiger partial charge is 0.378 e. The van der Waals surface area contributed by atoms with Gasteiger partial charge in [-0.25, -0.2) is 0 Å². The summed E-state index contributed by atoms with van der Waals surface area (Å²) in [4.78, 5) is 7.06. The highest BCUT2D eigenvalue weighted by Crippen LogP contribution is 2.37. The number of para-hydroxylation sites is 1. The van der Waals surface area contributed by atoms with Gasteiger partial charge in [-0.1, -0.05) is 39.7 Å². The van der Waals surface area contributed by atoms with Gasteiger partial charge in [0.05, 0.1) is 40.8 Å². The van der Waals surface area contributed by atoms with E-state index in [9.17, 15) is 0 Å². The standard InChI is InChI=1S/C21H21BrClN3O/c1-13-14(2)24-21-16(4-3-5-17(21)23)20(13)25-18-12-15(22)6-7-19(18)26-8-10-27-11-9-26/h3-7,12H,8-11H2,1-2H3,(H,24,25). The van der Waals surface area contributed by atoms with Crippen LogP contribution in [0.5, 0.6) is 0 Å². The number of benzene rings is 2. The summed E-state index contributed by atoms with van der Waals surface area (Å²) in [6.07, 6.45) is 0. The molecule has 1 aromatic heterocycles. The molecule has 1 fully saturated rings. The van der Waals surface area contributed by atoms with Crippen LogP contribution in [-0.4, -0.2) is 31.3 Å². The fraction of sp³-hybridized carbons (Fsp3) is 0.286. The number of fused-ring (bicyclic) bond motifs is 1. The minimum atomic E-state index is 0.668. The van der Waals surface area contributed by atoms with Crippen LogP contribution in [0.25, 0.3) is 10.9 Å². The fourth-order valence-corrected chi connectivity index (χ4v) is 4.03. The van der Waals surface area contributed by atoms with Crippen molar-refractivity contribution in [2.45, 2.75) is 13.8 Å². The minimum absolute atomic E-state index is 0.668. The Morgan fingerprint density at radius 2 is 1.93 bits per heavy atom. The predicted molar refractivity (Wildman–Crippen MR) is 117 cm³/mol. The number of anilines is 3. The van der Waals surface area contributed by atoms with E-state index in [2.05, 4.69) is 57.3 Å². The van der Waals surface area contributed by atoms with Crippen molar-refractivity contribution in [2.24, 2.45) is 0 Å². The summed E-state index contributed by atoms with van der Waals surface area (Å²) in [5.74, 6) is 0. The van der Waals surface area contributed by atoms with Crippen LogP contribution < -0.4 is 10.2 Å². The third kappa shape index (κ3) is 3.64. The van der Waals surface area contributed by atoms with Gasteiger partial charge >= 0.3 is 0 Å². The van der Waals surface area contributed by atoms with Crippen molar-refractivity contribution in [3.8, 4) is 0 Å². The summed E-state index contributed by atoms with van der Waals surface area (Å²) in [6, 6.07) is 12.3. The molecule has 4 nitrogen and oxygen atoms in total. The number of hydrogen-bond acceptors (Lipinski definition) is 4. The maximum atomic E-state index is 6.41. The number of hydrogen-bond donors (Lipinski definition) is 1. The molecule has 0 spiro atoms. The van der Waals surface area contributed by atoms with Gasteiger partial charge in [-0.2, -0.15) is 0 Å². The quantitative estimate of drug-likeness (QED) is 0.548. The lowest BCUT2D eigenvalue weighted by Gasteiger charge is -2.31. The number of nitrogens with one attached hydrogen (secondary N) is 1. The third-order valence-electron chi connectivity index (χ3n) is 5.02. The second-order valence-corrected chi connectivity index (χ2v) is 8.04. The lowest BCUT2D eigenvalue weighted by Crippen LogP contribution is -2.36. The molecule has 0 saturated carbocycles. The smallest absolute Gasteiger partial charge is 0.0912 e. The molecule has 3 aromatic rings. The van der Waals surface area contributed by atoms with Gasteiger partial charge < -0.3 is 15.0 Å². The first-order chi connectivity index (χ1) is 13.0. The van der Waals surface area contributed by atoms with Crippen molar-refractivity contribution in [1.29, 1.82) is 0 Å². The van der Waals surface area contributed by atoms with Crippen LogP contribution in [0.15, 0.2) is 40.9 Å². The van der Waals surface area contributed by atoms with Gasteiger partial charge in [0.2, 0.25) is 0 Å². The predicted octanol–water partition coefficient (Wildman–Crippen LogP) is 5.85. The van der Waals surface area contributed by atoms with Gasteiger partial charge in [-0.3, -0.25) is 4.98 Å². The number of aromatic nitrogens is 1. The van der Waals surface area contributed by atoms with Gasteiger partial charge in [0.15, 0.2) is 0 Å². The van der Waals surface area contributed by atoms with Crippen LogP contribution in [0, 0.1) is 13.8 Å². The Balaban J connectivity index is 1.84. The summed E-state index contributed by atoms with van der Waals surface area (Å²) in [7, 11) is 0. The van der Waals surface area contributed by atoms with E-state index < -0.39 is 0 Å². The van der Waals surface area contributed by atoms with Crippen LogP contribution in [-0.2, 0) is 4.74 Å². The van der Waals surface area contributed by atoms with E-state index in [1.807, 2.05) is 19.1 Å². The van der Waals surface area contributed by atoms with E-state index in [4.69, 9.17) is 21.3 Å². The zero-order chi connectivity index (χ0) is 19.0. The molecule has 0 radical (unpaired) electrons. The molecule has 0 unspecified atom stereocenters. The zero-order valence-corrected chi connectivity index (χ0v) is 17.7. The van der Waals surface area contributed by atoms with Crippen LogP contribution in [0.3, 0.4) is 0 Å². The Labute approximate surface area is 172 Å². The number of aryl methyl sites for hydroxylation is 1. The number of halogens is 2. The van der Waals surface area contributed by atoms with Crippen molar-refractivity contribution >= 4 is 55.5 Å². The normalized spacial score (nSPS) is 14.6. The molecule has 1 N–H and O–H groups in total. The summed E-state index contributed by atoms with van der Waals surface area (Å²) >= 11 is 10.0. The highest BCUT2D eigenvalue weighted by atomic mass is 79.9. The molecule has 0 amide bonds. The van der Waals surface area contributed by atoms with E-state index in [0.29, 0.717) is 5.02 Å². The highest BCUT2D eigenvalue weighted by molar-refractivity contribution is 9.10. The van der Waals surface area contributed by atoms with Crippen LogP contribution >= 0.6 is 27.5 Å². The van der Waals surface area contributed by atoms with E-state index in [1.54, 1.807) is 0 Å². The first-order valence-corrected chi connectivity index (χ1v) is 10.2. The Morgan fingerprint density at radius 3 is 2.70 bits per heavy atom. The summed E-state index contributed by atoms with van der Waals surface area (Å²) in [5.41, 5.74) is 6.20. The molecule has 1 saturated heterocycles. The van der Waals surface area contributed by atoms with Crippen molar-refractivity contribution in [1.82, 2.24) is 4.98 Å². The fourth-order valence-electron chi connectivity index (χ4n) is 3.45.